The van der Waals surface area contributed by atoms with Gasteiger partial charge in [0.15, 0.2) is 0 Å². The predicted molar refractivity (Wildman–Crippen MR) is 60.3 cm³/mol. The molecule has 0 aliphatic rings. The Balaban J connectivity index is 2.69. The predicted octanol–water partition coefficient (Wildman–Crippen LogP) is 2.11. The van der Waals surface area contributed by atoms with Gasteiger partial charge in [-0.3, -0.25) is 0 Å². The van der Waals surface area contributed by atoms with Crippen LogP contribution in [0.15, 0.2) is 18.2 Å². The van der Waals surface area contributed by atoms with Crippen LogP contribution >= 0.6 is 11.8 Å². The first-order valence-electron chi connectivity index (χ1n) is 4.90. The summed E-state index contributed by atoms with van der Waals surface area (Å²) in [6.45, 7) is 1.32. The summed E-state index contributed by atoms with van der Waals surface area (Å²) in [4.78, 5) is 0. The van der Waals surface area contributed by atoms with E-state index in [9.17, 15) is 8.78 Å². The summed E-state index contributed by atoms with van der Waals surface area (Å²) in [5, 5.41) is 17.3. The number of benzene rings is 1. The van der Waals surface area contributed by atoms with Crippen molar-refractivity contribution in [3.63, 3.8) is 0 Å². The molecule has 0 aromatic heterocycles. The largest absolute Gasteiger partial charge is 0.394 e. The fourth-order valence-electron chi connectivity index (χ4n) is 1.29. The lowest BCUT2D eigenvalue weighted by Gasteiger charge is -2.15. The van der Waals surface area contributed by atoms with Crippen molar-refractivity contribution in [1.82, 2.24) is 0 Å². The van der Waals surface area contributed by atoms with Crippen LogP contribution in [-0.4, -0.2) is 28.7 Å². The maximum Gasteiger partial charge on any atom is 0.130 e. The molecule has 1 rings (SSSR count). The second-order valence-corrected chi connectivity index (χ2v) is 4.82. The van der Waals surface area contributed by atoms with Crippen molar-refractivity contribution >= 4 is 11.8 Å². The Kier molecular flexibility index (Phi) is 5.18. The lowest BCUT2D eigenvalue weighted by Crippen LogP contribution is -2.15. The van der Waals surface area contributed by atoms with E-state index in [-0.39, 0.29) is 17.9 Å². The summed E-state index contributed by atoms with van der Waals surface area (Å²) in [5.41, 5.74) is 0.0117. The van der Waals surface area contributed by atoms with Crippen molar-refractivity contribution in [3.8, 4) is 0 Å². The summed E-state index contributed by atoms with van der Waals surface area (Å²) >= 11 is 1.20. The molecule has 0 bridgehead atoms. The zero-order valence-corrected chi connectivity index (χ0v) is 9.68. The standard InChI is InChI=1S/C11H14F2O2S/c1-7(16-6-8(15)5-14)11-9(12)3-2-4-10(11)13/h2-4,7-8,14-15H,5-6H2,1H3/t7-,8-/m1/s1. The Bertz CT molecular complexity index is 327. The lowest BCUT2D eigenvalue weighted by molar-refractivity contribution is 0.113. The van der Waals surface area contributed by atoms with Crippen LogP contribution in [0.1, 0.15) is 17.7 Å². The molecule has 1 aromatic rings. The van der Waals surface area contributed by atoms with Crippen molar-refractivity contribution in [2.24, 2.45) is 0 Å². The zero-order chi connectivity index (χ0) is 12.1. The number of rotatable bonds is 5. The van der Waals surface area contributed by atoms with Gasteiger partial charge in [0.2, 0.25) is 0 Å². The molecule has 0 aliphatic heterocycles. The lowest BCUT2D eigenvalue weighted by atomic mass is 10.1. The van der Waals surface area contributed by atoms with Gasteiger partial charge in [-0.1, -0.05) is 6.07 Å². The van der Waals surface area contributed by atoms with E-state index in [4.69, 9.17) is 10.2 Å². The second-order valence-electron chi connectivity index (χ2n) is 3.45. The molecule has 16 heavy (non-hydrogen) atoms. The van der Waals surface area contributed by atoms with E-state index < -0.39 is 23.0 Å². The van der Waals surface area contributed by atoms with Gasteiger partial charge in [-0.05, 0) is 19.1 Å². The highest BCUT2D eigenvalue weighted by molar-refractivity contribution is 7.99. The van der Waals surface area contributed by atoms with E-state index in [1.165, 1.54) is 30.0 Å². The molecular weight excluding hydrogens is 234 g/mol. The maximum atomic E-state index is 13.3. The monoisotopic (exact) mass is 248 g/mol. The van der Waals surface area contributed by atoms with Gasteiger partial charge in [0, 0.05) is 16.6 Å². The summed E-state index contributed by atoms with van der Waals surface area (Å²) in [6.07, 6.45) is -0.859. The molecule has 0 radical (unpaired) electrons. The summed E-state index contributed by atoms with van der Waals surface area (Å²) in [7, 11) is 0. The highest BCUT2D eigenvalue weighted by atomic mass is 32.2. The maximum absolute atomic E-state index is 13.3. The molecule has 0 amide bonds. The average Bonchev–Trinajstić information content (AvgIpc) is 2.25. The van der Waals surface area contributed by atoms with Gasteiger partial charge in [-0.25, -0.2) is 8.78 Å². The number of halogens is 2. The molecule has 2 atom stereocenters. The normalized spacial score (nSPS) is 14.8. The molecule has 2 N–H and O–H groups in total. The van der Waals surface area contributed by atoms with E-state index in [1.807, 2.05) is 0 Å². The molecule has 0 heterocycles. The minimum atomic E-state index is -0.859. The smallest absolute Gasteiger partial charge is 0.130 e. The Hall–Kier alpha value is -0.650. The molecule has 1 aromatic carbocycles. The molecule has 0 saturated carbocycles. The van der Waals surface area contributed by atoms with E-state index in [0.29, 0.717) is 0 Å². The molecule has 0 unspecified atom stereocenters. The van der Waals surface area contributed by atoms with E-state index in [2.05, 4.69) is 0 Å². The molecule has 0 spiro atoms. The topological polar surface area (TPSA) is 40.5 Å². The van der Waals surface area contributed by atoms with Crippen LogP contribution in [0.4, 0.5) is 8.78 Å². The van der Waals surface area contributed by atoms with E-state index in [0.717, 1.165) is 0 Å². The number of hydrogen-bond donors (Lipinski definition) is 2. The Labute approximate surface area is 97.3 Å². The first kappa shape index (κ1) is 13.4. The number of aliphatic hydroxyl groups excluding tert-OH is 2. The van der Waals surface area contributed by atoms with Crippen molar-refractivity contribution in [3.05, 3.63) is 35.4 Å². The molecule has 90 valence electrons. The number of hydrogen-bond acceptors (Lipinski definition) is 3. The highest BCUT2D eigenvalue weighted by Crippen LogP contribution is 2.32. The SMILES string of the molecule is C[C@@H](SC[C@H](O)CO)c1c(F)cccc1F. The fourth-order valence-corrected chi connectivity index (χ4v) is 2.30. The van der Waals surface area contributed by atoms with Crippen molar-refractivity contribution in [1.29, 1.82) is 0 Å². The number of aliphatic hydroxyl groups is 2. The summed E-state index contributed by atoms with van der Waals surface area (Å²) in [5.74, 6) is -0.928. The molecule has 5 heteroatoms. The van der Waals surface area contributed by atoms with Crippen LogP contribution in [0, 0.1) is 11.6 Å². The van der Waals surface area contributed by atoms with Crippen LogP contribution in [-0.2, 0) is 0 Å². The van der Waals surface area contributed by atoms with Crippen molar-refractivity contribution in [2.45, 2.75) is 18.3 Å². The second kappa shape index (κ2) is 6.18. The van der Waals surface area contributed by atoms with Crippen LogP contribution in [0.5, 0.6) is 0 Å². The Morgan fingerprint density at radius 3 is 2.38 bits per heavy atom. The van der Waals surface area contributed by atoms with Gasteiger partial charge in [0.1, 0.15) is 11.6 Å². The molecule has 0 saturated heterocycles. The minimum absolute atomic E-state index is 0.0117. The van der Waals surface area contributed by atoms with Crippen LogP contribution in [0.3, 0.4) is 0 Å². The van der Waals surface area contributed by atoms with Crippen molar-refractivity contribution in [2.75, 3.05) is 12.4 Å². The van der Waals surface area contributed by atoms with Gasteiger partial charge in [-0.2, -0.15) is 11.8 Å². The zero-order valence-electron chi connectivity index (χ0n) is 8.86. The first-order valence-corrected chi connectivity index (χ1v) is 5.95. The van der Waals surface area contributed by atoms with Gasteiger partial charge in [0.05, 0.1) is 12.7 Å². The molecule has 2 nitrogen and oxygen atoms in total. The summed E-state index contributed by atoms with van der Waals surface area (Å²) < 4.78 is 26.7. The molecular formula is C11H14F2O2S. The van der Waals surface area contributed by atoms with Gasteiger partial charge in [0.25, 0.3) is 0 Å². The Morgan fingerprint density at radius 2 is 1.88 bits per heavy atom. The fraction of sp³-hybridized carbons (Fsp3) is 0.455. The van der Waals surface area contributed by atoms with Gasteiger partial charge in [-0.15, -0.1) is 0 Å². The van der Waals surface area contributed by atoms with E-state index in [1.54, 1.807) is 6.92 Å². The van der Waals surface area contributed by atoms with E-state index >= 15 is 0 Å². The number of thioether (sulfide) groups is 1. The van der Waals surface area contributed by atoms with Crippen LogP contribution < -0.4 is 0 Å². The van der Waals surface area contributed by atoms with Crippen molar-refractivity contribution < 1.29 is 19.0 Å². The summed E-state index contributed by atoms with van der Waals surface area (Å²) in [6, 6.07) is 3.73. The Morgan fingerprint density at radius 1 is 1.31 bits per heavy atom. The molecule has 0 aliphatic carbocycles. The van der Waals surface area contributed by atoms with Crippen LogP contribution in [0.25, 0.3) is 0 Å². The van der Waals surface area contributed by atoms with Gasteiger partial charge < -0.3 is 10.2 Å². The average molecular weight is 248 g/mol. The molecule has 0 fully saturated rings. The quantitative estimate of drug-likeness (QED) is 0.838. The third-order valence-electron chi connectivity index (χ3n) is 2.16. The minimum Gasteiger partial charge on any atom is -0.394 e. The highest BCUT2D eigenvalue weighted by Gasteiger charge is 2.17. The van der Waals surface area contributed by atoms with Crippen LogP contribution in [0.2, 0.25) is 0 Å². The third kappa shape index (κ3) is 3.43. The first-order chi connectivity index (χ1) is 7.56. The van der Waals surface area contributed by atoms with Gasteiger partial charge >= 0.3 is 0 Å². The third-order valence-corrected chi connectivity index (χ3v) is 3.47.